The van der Waals surface area contributed by atoms with Gasteiger partial charge in [0.15, 0.2) is 0 Å². The number of rotatable bonds is 8. The Bertz CT molecular complexity index is 975. The van der Waals surface area contributed by atoms with E-state index in [-0.39, 0.29) is 24.1 Å². The second-order valence-electron chi connectivity index (χ2n) is 7.68. The lowest BCUT2D eigenvalue weighted by molar-refractivity contribution is -0.119. The number of aromatic nitrogens is 1. The molecule has 0 bridgehead atoms. The summed E-state index contributed by atoms with van der Waals surface area (Å²) >= 11 is 0. The van der Waals surface area contributed by atoms with Gasteiger partial charge in [0.2, 0.25) is 5.91 Å². The van der Waals surface area contributed by atoms with Crippen molar-refractivity contribution in [2.45, 2.75) is 44.1 Å². The highest BCUT2D eigenvalue weighted by atomic mass is 16.5. The first kappa shape index (κ1) is 19.5. The highest BCUT2D eigenvalue weighted by Gasteiger charge is 2.26. The number of nitrogens with one attached hydrogen (secondary N) is 2. The molecule has 6 nitrogen and oxygen atoms in total. The molecule has 1 saturated carbocycles. The van der Waals surface area contributed by atoms with Crippen LogP contribution < -0.4 is 15.6 Å². The van der Waals surface area contributed by atoms with Crippen LogP contribution in [0.1, 0.15) is 54.8 Å². The molecule has 1 aromatic carbocycles. The molecule has 1 aromatic heterocycles. The molecule has 1 aliphatic heterocycles. The molecule has 1 aliphatic carbocycles. The van der Waals surface area contributed by atoms with Crippen LogP contribution in [-0.4, -0.2) is 35.3 Å². The Morgan fingerprint density at radius 2 is 2.03 bits per heavy atom. The van der Waals surface area contributed by atoms with Crippen molar-refractivity contribution < 1.29 is 14.6 Å². The minimum atomic E-state index is -0.0666. The van der Waals surface area contributed by atoms with Crippen LogP contribution in [0.25, 0.3) is 5.57 Å². The largest absolute Gasteiger partial charge is 0.493 e. The van der Waals surface area contributed by atoms with Crippen LogP contribution in [0.5, 0.6) is 5.75 Å². The molecule has 0 spiro atoms. The predicted octanol–water partition coefficient (Wildman–Crippen LogP) is 2.72. The highest BCUT2D eigenvalue weighted by molar-refractivity contribution is 5.82. The number of benzene rings is 1. The molecule has 2 fully saturated rings. The van der Waals surface area contributed by atoms with Crippen LogP contribution in [0.3, 0.4) is 0 Å². The Morgan fingerprint density at radius 3 is 2.72 bits per heavy atom. The monoisotopic (exact) mass is 394 g/mol. The fraction of sp³-hybridized carbons (Fsp3) is 0.391. The number of amides is 1. The molecule has 4 rings (SSSR count). The lowest BCUT2D eigenvalue weighted by atomic mass is 9.98. The van der Waals surface area contributed by atoms with Crippen molar-refractivity contribution in [2.75, 3.05) is 13.2 Å². The van der Waals surface area contributed by atoms with Gasteiger partial charge in [-0.3, -0.25) is 9.59 Å². The van der Waals surface area contributed by atoms with Gasteiger partial charge < -0.3 is 20.1 Å². The highest BCUT2D eigenvalue weighted by Crippen LogP contribution is 2.38. The maximum absolute atomic E-state index is 12.6. The van der Waals surface area contributed by atoms with E-state index in [4.69, 9.17) is 9.84 Å². The quantitative estimate of drug-likeness (QED) is 0.601. The molecule has 2 heterocycles. The fourth-order valence-electron chi connectivity index (χ4n) is 3.67. The van der Waals surface area contributed by atoms with Gasteiger partial charge in [-0.15, -0.1) is 0 Å². The molecular formula is C23H26N2O4. The average Bonchev–Trinajstić information content (AvgIpc) is 3.48. The molecule has 152 valence electrons. The SMILES string of the molecule is O=C1CC[C@H](/C=C(\c2cccc(OCCCO)c2)c2ccc(C3CC3)c(=O)[nH]2)N1. The molecule has 1 amide bonds. The summed E-state index contributed by atoms with van der Waals surface area (Å²) in [5.41, 5.74) is 3.31. The maximum atomic E-state index is 12.6. The van der Waals surface area contributed by atoms with Gasteiger partial charge in [0, 0.05) is 42.3 Å². The van der Waals surface area contributed by atoms with E-state index in [0.717, 1.165) is 41.7 Å². The molecular weight excluding hydrogens is 368 g/mol. The smallest absolute Gasteiger partial charge is 0.251 e. The first-order valence-electron chi connectivity index (χ1n) is 10.2. The number of aromatic amines is 1. The van der Waals surface area contributed by atoms with Crippen molar-refractivity contribution in [2.24, 2.45) is 0 Å². The van der Waals surface area contributed by atoms with Crippen LogP contribution in [0.4, 0.5) is 0 Å². The lowest BCUT2D eigenvalue weighted by Crippen LogP contribution is -2.23. The minimum absolute atomic E-state index is 0.0401. The Morgan fingerprint density at radius 1 is 1.17 bits per heavy atom. The number of aliphatic hydroxyl groups excluding tert-OH is 1. The van der Waals surface area contributed by atoms with Crippen molar-refractivity contribution in [3.63, 3.8) is 0 Å². The van der Waals surface area contributed by atoms with E-state index in [0.29, 0.717) is 31.1 Å². The van der Waals surface area contributed by atoms with Gasteiger partial charge in [-0.05, 0) is 48.9 Å². The van der Waals surface area contributed by atoms with E-state index in [9.17, 15) is 9.59 Å². The third kappa shape index (κ3) is 4.77. The maximum Gasteiger partial charge on any atom is 0.251 e. The summed E-state index contributed by atoms with van der Waals surface area (Å²) in [7, 11) is 0. The predicted molar refractivity (Wildman–Crippen MR) is 111 cm³/mol. The van der Waals surface area contributed by atoms with Crippen molar-refractivity contribution in [1.82, 2.24) is 10.3 Å². The zero-order valence-corrected chi connectivity index (χ0v) is 16.3. The molecule has 0 unspecified atom stereocenters. The third-order valence-corrected chi connectivity index (χ3v) is 5.36. The van der Waals surface area contributed by atoms with E-state index in [1.165, 1.54) is 0 Å². The zero-order chi connectivity index (χ0) is 20.2. The second-order valence-corrected chi connectivity index (χ2v) is 7.68. The topological polar surface area (TPSA) is 91.4 Å². The molecule has 1 saturated heterocycles. The van der Waals surface area contributed by atoms with Gasteiger partial charge in [0.05, 0.1) is 6.61 Å². The van der Waals surface area contributed by atoms with Crippen molar-refractivity contribution in [1.29, 1.82) is 0 Å². The second kappa shape index (κ2) is 8.66. The number of ether oxygens (including phenoxy) is 1. The molecule has 3 N–H and O–H groups in total. The average molecular weight is 394 g/mol. The summed E-state index contributed by atoms with van der Waals surface area (Å²) in [6, 6.07) is 11.5. The number of aliphatic hydroxyl groups is 1. The molecule has 2 aromatic rings. The van der Waals surface area contributed by atoms with E-state index >= 15 is 0 Å². The summed E-state index contributed by atoms with van der Waals surface area (Å²) in [5.74, 6) is 1.14. The third-order valence-electron chi connectivity index (χ3n) is 5.36. The van der Waals surface area contributed by atoms with Gasteiger partial charge in [-0.1, -0.05) is 24.3 Å². The summed E-state index contributed by atoms with van der Waals surface area (Å²) in [5, 5.41) is 11.9. The summed E-state index contributed by atoms with van der Waals surface area (Å²) in [6.45, 7) is 0.519. The summed E-state index contributed by atoms with van der Waals surface area (Å²) < 4.78 is 5.71. The van der Waals surface area contributed by atoms with Gasteiger partial charge in [-0.2, -0.15) is 0 Å². The number of H-pyrrole nitrogens is 1. The van der Waals surface area contributed by atoms with Crippen LogP contribution in [-0.2, 0) is 4.79 Å². The lowest BCUT2D eigenvalue weighted by Gasteiger charge is -2.14. The van der Waals surface area contributed by atoms with Gasteiger partial charge >= 0.3 is 0 Å². The Balaban J connectivity index is 1.68. The fourth-order valence-corrected chi connectivity index (χ4v) is 3.67. The van der Waals surface area contributed by atoms with Gasteiger partial charge in [0.1, 0.15) is 5.75 Å². The van der Waals surface area contributed by atoms with E-state index in [1.54, 1.807) is 0 Å². The van der Waals surface area contributed by atoms with E-state index in [2.05, 4.69) is 10.3 Å². The van der Waals surface area contributed by atoms with Crippen LogP contribution in [0.15, 0.2) is 47.3 Å². The van der Waals surface area contributed by atoms with Gasteiger partial charge in [0.25, 0.3) is 5.56 Å². The zero-order valence-electron chi connectivity index (χ0n) is 16.3. The standard InChI is InChI=1S/C23H26N2O4/c26-11-2-12-29-18-4-1-3-16(13-18)20(14-17-7-10-22(27)24-17)21-9-8-19(15-5-6-15)23(28)25-21/h1,3-4,8-9,13-15,17,26H,2,5-7,10-12H2,(H,24,27)(H,25,28)/b20-14+/t17-/m1/s1. The Hall–Kier alpha value is -2.86. The van der Waals surface area contributed by atoms with E-state index < -0.39 is 0 Å². The van der Waals surface area contributed by atoms with Crippen LogP contribution in [0, 0.1) is 0 Å². The summed E-state index contributed by atoms with van der Waals surface area (Å²) in [6.07, 6.45) is 5.98. The van der Waals surface area contributed by atoms with Crippen molar-refractivity contribution in [3.8, 4) is 5.75 Å². The van der Waals surface area contributed by atoms with Crippen molar-refractivity contribution >= 4 is 11.5 Å². The normalized spacial score (nSPS) is 19.3. The number of hydrogen-bond acceptors (Lipinski definition) is 4. The molecule has 6 heteroatoms. The Labute approximate surface area is 169 Å². The van der Waals surface area contributed by atoms with Crippen LogP contribution in [0.2, 0.25) is 0 Å². The number of carbonyl (C=O) groups is 1. The molecule has 2 aliphatic rings. The van der Waals surface area contributed by atoms with Crippen molar-refractivity contribution in [3.05, 3.63) is 69.6 Å². The Kier molecular flexibility index (Phi) is 5.81. The molecule has 0 radical (unpaired) electrons. The number of carbonyl (C=O) groups excluding carboxylic acids is 1. The molecule has 1 atom stereocenters. The van der Waals surface area contributed by atoms with E-state index in [1.807, 2.05) is 42.5 Å². The molecule has 29 heavy (non-hydrogen) atoms. The first-order valence-corrected chi connectivity index (χ1v) is 10.2. The van der Waals surface area contributed by atoms with Gasteiger partial charge in [-0.25, -0.2) is 0 Å². The minimum Gasteiger partial charge on any atom is -0.493 e. The first-order chi connectivity index (χ1) is 14.1. The van der Waals surface area contributed by atoms with Crippen LogP contribution >= 0.6 is 0 Å². The number of hydrogen-bond donors (Lipinski definition) is 3. The number of pyridine rings is 1. The summed E-state index contributed by atoms with van der Waals surface area (Å²) in [4.78, 5) is 27.3.